The summed E-state index contributed by atoms with van der Waals surface area (Å²) in [6, 6.07) is 56.5. The van der Waals surface area contributed by atoms with Crippen molar-refractivity contribution in [2.75, 3.05) is 38.5 Å². The van der Waals surface area contributed by atoms with E-state index in [2.05, 4.69) is 93.1 Å². The number of H-pyrrole nitrogens is 1. The van der Waals surface area contributed by atoms with E-state index in [0.29, 0.717) is 17.3 Å². The van der Waals surface area contributed by atoms with Crippen molar-refractivity contribution >= 4 is 34.8 Å². The molecule has 0 aliphatic carbocycles. The highest BCUT2D eigenvalue weighted by molar-refractivity contribution is 8.00. The van der Waals surface area contributed by atoms with Crippen molar-refractivity contribution in [1.82, 2.24) is 19.5 Å². The maximum absolute atomic E-state index is 13.5. The minimum Gasteiger partial charge on any atom is -0.497 e. The fourth-order valence-electron chi connectivity index (χ4n) is 9.12. The van der Waals surface area contributed by atoms with Crippen LogP contribution in [0.1, 0.15) is 53.5 Å². The van der Waals surface area contributed by atoms with E-state index in [1.165, 1.54) is 6.33 Å². The van der Waals surface area contributed by atoms with Gasteiger partial charge in [-0.05, 0) is 57.6 Å². The molecule has 70 heavy (non-hydrogen) atoms. The van der Waals surface area contributed by atoms with Crippen LogP contribution in [0.2, 0.25) is 0 Å². The zero-order valence-electron chi connectivity index (χ0n) is 39.3. The fraction of sp³-hybridized carbons (Fsp3) is 0.250. The van der Waals surface area contributed by atoms with Crippen LogP contribution in [-0.2, 0) is 29.4 Å². The lowest BCUT2D eigenvalue weighted by atomic mass is 9.80. The maximum atomic E-state index is 13.5. The third-order valence-electron chi connectivity index (χ3n) is 12.7. The number of carbonyl (C=O) groups excluding carboxylic acids is 1. The first kappa shape index (κ1) is 48.0. The van der Waals surface area contributed by atoms with Gasteiger partial charge in [0.25, 0.3) is 5.56 Å². The van der Waals surface area contributed by atoms with Crippen molar-refractivity contribution in [2.45, 2.75) is 48.7 Å². The number of ether oxygens (including phenoxy) is 5. The largest absolute Gasteiger partial charge is 0.497 e. The molecule has 1 saturated heterocycles. The lowest BCUT2D eigenvalue weighted by Gasteiger charge is -2.37. The summed E-state index contributed by atoms with van der Waals surface area (Å²) >= 11 is 1.73. The molecule has 1 amide bonds. The molecular formula is C56H55N5O8S. The van der Waals surface area contributed by atoms with Crippen LogP contribution in [0, 0.1) is 5.92 Å². The Bertz CT molecular complexity index is 2890. The van der Waals surface area contributed by atoms with Crippen LogP contribution in [-0.4, -0.2) is 82.0 Å². The number of rotatable bonds is 19. The zero-order chi connectivity index (χ0) is 48.7. The van der Waals surface area contributed by atoms with Crippen LogP contribution in [0.15, 0.2) is 181 Å². The second kappa shape index (κ2) is 21.3. The number of nitrogens with zero attached hydrogens (tertiary/aromatic N) is 3. The summed E-state index contributed by atoms with van der Waals surface area (Å²) in [5, 5.41) is 15.3. The van der Waals surface area contributed by atoms with Gasteiger partial charge in [0.2, 0.25) is 11.9 Å². The monoisotopic (exact) mass is 957 g/mol. The van der Waals surface area contributed by atoms with Gasteiger partial charge in [0.15, 0.2) is 17.4 Å². The second-order valence-corrected chi connectivity index (χ2v) is 18.5. The van der Waals surface area contributed by atoms with Crippen molar-refractivity contribution < 1.29 is 33.6 Å². The molecule has 0 bridgehead atoms. The Labute approximate surface area is 410 Å². The topological polar surface area (TPSA) is 159 Å². The highest BCUT2D eigenvalue weighted by Crippen LogP contribution is 2.49. The second-order valence-electron chi connectivity index (χ2n) is 17.2. The molecule has 3 N–H and O–H groups in total. The van der Waals surface area contributed by atoms with E-state index in [9.17, 15) is 14.7 Å². The van der Waals surface area contributed by atoms with Gasteiger partial charge in [0, 0.05) is 11.7 Å². The third-order valence-corrected chi connectivity index (χ3v) is 14.2. The summed E-state index contributed by atoms with van der Waals surface area (Å²) in [7, 11) is 3.24. The van der Waals surface area contributed by atoms with E-state index in [0.717, 1.165) is 33.4 Å². The molecule has 6 aromatic carbocycles. The number of aliphatic hydroxyl groups excluding tert-OH is 1. The lowest BCUT2D eigenvalue weighted by molar-refractivity contribution is -0.118. The van der Waals surface area contributed by atoms with Gasteiger partial charge in [-0.25, -0.2) is 4.98 Å². The van der Waals surface area contributed by atoms with Gasteiger partial charge in [-0.3, -0.25) is 24.5 Å². The number of imidazole rings is 1. The number of thioether (sulfide) groups is 1. The molecule has 0 saturated carbocycles. The molecule has 0 spiro atoms. The Morgan fingerprint density at radius 3 is 1.71 bits per heavy atom. The van der Waals surface area contributed by atoms with Crippen LogP contribution in [0.4, 0.5) is 5.95 Å². The van der Waals surface area contributed by atoms with E-state index in [1.807, 2.05) is 97.1 Å². The molecule has 0 unspecified atom stereocenters. The third kappa shape index (κ3) is 9.48. The summed E-state index contributed by atoms with van der Waals surface area (Å²) in [6.07, 6.45) is -2.83. The Hall–Kier alpha value is -7.07. The van der Waals surface area contributed by atoms with Gasteiger partial charge in [-0.1, -0.05) is 159 Å². The smallest absolute Gasteiger partial charge is 0.280 e. The number of amides is 1. The summed E-state index contributed by atoms with van der Waals surface area (Å²) in [4.78, 5) is 38.0. The standard InChI is InChI=1S/C56H55N5O8S/c1-37(2)51(63)59-54-58-50-47(52(64)60-54)57-36-61(50)53-49(67-33-34-70-56(41-19-11-6-12-20-41,42-21-13-7-14-22-42)43-23-15-8-16-24-43)48(62)46(69-53)35-68-55(38-17-9-5-10-18-38,39-25-29-44(65-3)30-26-39)40-27-31-45(66-4)32-28-40/h5-32,36-37,46,48-49,53,62H,33-35H2,1-4H3,(H2,58,59,60,63,64)/t46-,48-,49-,53-/m1/s1. The fourth-order valence-corrected chi connectivity index (χ4v) is 10.5. The molecule has 2 aromatic heterocycles. The van der Waals surface area contributed by atoms with Crippen molar-refractivity contribution in [1.29, 1.82) is 0 Å². The molecule has 8 aromatic rings. The molecule has 0 radical (unpaired) electrons. The number of anilines is 1. The molecule has 1 fully saturated rings. The number of benzene rings is 6. The molecule has 14 heteroatoms. The number of aromatic nitrogens is 4. The highest BCUT2D eigenvalue weighted by atomic mass is 32.2. The lowest BCUT2D eigenvalue weighted by Crippen LogP contribution is -2.40. The average Bonchev–Trinajstić information content (AvgIpc) is 3.97. The van der Waals surface area contributed by atoms with Gasteiger partial charge in [-0.2, -0.15) is 4.98 Å². The van der Waals surface area contributed by atoms with Crippen LogP contribution >= 0.6 is 11.8 Å². The van der Waals surface area contributed by atoms with Crippen molar-refractivity contribution in [3.8, 4) is 11.5 Å². The normalized spacial score (nSPS) is 17.2. The first-order valence-corrected chi connectivity index (χ1v) is 24.2. The molecular weight excluding hydrogens is 903 g/mol. The first-order valence-electron chi connectivity index (χ1n) is 23.2. The van der Waals surface area contributed by atoms with E-state index in [4.69, 9.17) is 23.7 Å². The SMILES string of the molecule is COc1ccc(C(OC[C@H]2O[C@@H](n3cnc4c(=O)[nH]c(NC(=O)C(C)C)nc43)[C@H](OCCSC(c3ccccc3)(c3ccccc3)c3ccccc3)[C@@H]2O)(c2ccccc2)c2ccc(OC)cc2)cc1. The molecule has 1 aliphatic rings. The Kier molecular flexibility index (Phi) is 14.6. The van der Waals surface area contributed by atoms with Gasteiger partial charge >= 0.3 is 0 Å². The number of aliphatic hydroxyl groups is 1. The molecule has 13 nitrogen and oxygen atoms in total. The number of nitrogens with one attached hydrogen (secondary N) is 2. The van der Waals surface area contributed by atoms with Crippen molar-refractivity contribution in [3.63, 3.8) is 0 Å². The summed E-state index contributed by atoms with van der Waals surface area (Å²) < 4.78 is 33.0. The minimum absolute atomic E-state index is 0.0233. The maximum Gasteiger partial charge on any atom is 0.280 e. The van der Waals surface area contributed by atoms with Gasteiger partial charge in [0.1, 0.15) is 35.4 Å². The zero-order valence-corrected chi connectivity index (χ0v) is 40.1. The summed E-state index contributed by atoms with van der Waals surface area (Å²) in [5.41, 5.74) is 4.14. The van der Waals surface area contributed by atoms with Crippen LogP contribution in [0.5, 0.6) is 11.5 Å². The van der Waals surface area contributed by atoms with E-state index in [1.54, 1.807) is 44.4 Å². The van der Waals surface area contributed by atoms with Gasteiger partial charge < -0.3 is 28.8 Å². The van der Waals surface area contributed by atoms with Crippen LogP contribution in [0.25, 0.3) is 11.2 Å². The quantitative estimate of drug-likeness (QED) is 0.0524. The predicted molar refractivity (Wildman–Crippen MR) is 271 cm³/mol. The predicted octanol–water partition coefficient (Wildman–Crippen LogP) is 9.11. The summed E-state index contributed by atoms with van der Waals surface area (Å²) in [6.45, 7) is 3.56. The molecule has 9 rings (SSSR count). The average molecular weight is 958 g/mol. The van der Waals surface area contributed by atoms with Crippen LogP contribution in [0.3, 0.4) is 0 Å². The molecule has 4 atom stereocenters. The first-order chi connectivity index (χ1) is 34.2. The summed E-state index contributed by atoms with van der Waals surface area (Å²) in [5.74, 6) is 1.10. The number of carbonyl (C=O) groups is 1. The number of aromatic amines is 1. The van der Waals surface area contributed by atoms with E-state index < -0.39 is 40.4 Å². The Morgan fingerprint density at radius 1 is 0.743 bits per heavy atom. The van der Waals surface area contributed by atoms with E-state index in [-0.39, 0.29) is 42.2 Å². The minimum atomic E-state index is -1.25. The highest BCUT2D eigenvalue weighted by Gasteiger charge is 2.49. The van der Waals surface area contributed by atoms with Gasteiger partial charge in [-0.15, -0.1) is 11.8 Å². The van der Waals surface area contributed by atoms with E-state index >= 15 is 0 Å². The number of fused-ring (bicyclic) bond motifs is 1. The van der Waals surface area contributed by atoms with Crippen molar-refractivity contribution in [2.24, 2.45) is 5.92 Å². The van der Waals surface area contributed by atoms with Gasteiger partial charge in [0.05, 0.1) is 38.5 Å². The Balaban J connectivity index is 1.09. The number of hydrogen-bond acceptors (Lipinski definition) is 11. The molecule has 1 aliphatic heterocycles. The Morgan fingerprint density at radius 2 is 1.23 bits per heavy atom. The molecule has 3 heterocycles. The number of hydrogen-bond donors (Lipinski definition) is 3. The van der Waals surface area contributed by atoms with Crippen LogP contribution < -0.4 is 20.3 Å². The molecule has 358 valence electrons. The number of methoxy groups -OCH3 is 2. The van der Waals surface area contributed by atoms with Crippen molar-refractivity contribution in [3.05, 3.63) is 220 Å².